The number of hydrogen-bond acceptors (Lipinski definition) is 6. The molecule has 8 heteroatoms. The van der Waals surface area contributed by atoms with Crippen LogP contribution in [0.25, 0.3) is 0 Å². The molecule has 0 radical (unpaired) electrons. The van der Waals surface area contributed by atoms with Crippen LogP contribution in [0.3, 0.4) is 0 Å². The number of carbonyl (C=O) groups is 2. The van der Waals surface area contributed by atoms with Crippen LogP contribution in [0.15, 0.2) is 54.6 Å². The first-order valence-corrected chi connectivity index (χ1v) is 12.4. The SMILES string of the molecule is N#Cc1ccccc1CSCCNC(=O)CN1CCN(CC(=O)NCc2ccccc2)CC1. The van der Waals surface area contributed by atoms with Crippen molar-refractivity contribution in [3.8, 4) is 6.07 Å². The Morgan fingerprint density at radius 1 is 0.879 bits per heavy atom. The summed E-state index contributed by atoms with van der Waals surface area (Å²) in [5.74, 6) is 1.62. The van der Waals surface area contributed by atoms with Gasteiger partial charge in [-0.1, -0.05) is 48.5 Å². The maximum Gasteiger partial charge on any atom is 0.234 e. The molecule has 2 aromatic rings. The molecule has 0 unspecified atom stereocenters. The molecule has 174 valence electrons. The molecule has 0 atom stereocenters. The van der Waals surface area contributed by atoms with E-state index in [4.69, 9.17) is 5.26 Å². The maximum atomic E-state index is 12.2. The molecule has 0 aliphatic carbocycles. The van der Waals surface area contributed by atoms with Crippen LogP contribution in [-0.2, 0) is 21.9 Å². The van der Waals surface area contributed by atoms with Crippen molar-refractivity contribution < 1.29 is 9.59 Å². The minimum Gasteiger partial charge on any atom is -0.354 e. The first-order valence-electron chi connectivity index (χ1n) is 11.2. The summed E-state index contributed by atoms with van der Waals surface area (Å²) in [7, 11) is 0. The van der Waals surface area contributed by atoms with Crippen molar-refractivity contribution in [2.45, 2.75) is 12.3 Å². The predicted octanol–water partition coefficient (Wildman–Crippen LogP) is 1.84. The van der Waals surface area contributed by atoms with E-state index in [1.54, 1.807) is 11.8 Å². The van der Waals surface area contributed by atoms with Crippen LogP contribution in [0.5, 0.6) is 0 Å². The number of thioether (sulfide) groups is 1. The molecular weight excluding hydrogens is 434 g/mol. The van der Waals surface area contributed by atoms with Gasteiger partial charge in [-0.25, -0.2) is 0 Å². The molecule has 1 aliphatic rings. The van der Waals surface area contributed by atoms with Gasteiger partial charge in [0, 0.05) is 50.8 Å². The van der Waals surface area contributed by atoms with Crippen molar-refractivity contribution in [1.29, 1.82) is 5.26 Å². The first kappa shape index (κ1) is 24.8. The van der Waals surface area contributed by atoms with Gasteiger partial charge in [0.2, 0.25) is 11.8 Å². The van der Waals surface area contributed by atoms with Crippen molar-refractivity contribution in [3.63, 3.8) is 0 Å². The van der Waals surface area contributed by atoms with E-state index in [0.717, 1.165) is 48.8 Å². The van der Waals surface area contributed by atoms with E-state index >= 15 is 0 Å². The predicted molar refractivity (Wildman–Crippen MR) is 131 cm³/mol. The highest BCUT2D eigenvalue weighted by atomic mass is 32.2. The molecule has 2 amide bonds. The van der Waals surface area contributed by atoms with Gasteiger partial charge in [0.1, 0.15) is 0 Å². The summed E-state index contributed by atoms with van der Waals surface area (Å²) in [6.45, 7) is 5.04. The Kier molecular flexibility index (Phi) is 10.2. The number of nitrogens with zero attached hydrogens (tertiary/aromatic N) is 3. The van der Waals surface area contributed by atoms with Crippen LogP contribution in [0.2, 0.25) is 0 Å². The second-order valence-electron chi connectivity index (χ2n) is 7.99. The van der Waals surface area contributed by atoms with Gasteiger partial charge in [-0.05, 0) is 17.2 Å². The molecule has 0 saturated carbocycles. The van der Waals surface area contributed by atoms with Gasteiger partial charge >= 0.3 is 0 Å². The Hall–Kier alpha value is -2.86. The van der Waals surface area contributed by atoms with E-state index in [1.807, 2.05) is 54.6 Å². The van der Waals surface area contributed by atoms with Crippen LogP contribution < -0.4 is 10.6 Å². The van der Waals surface area contributed by atoms with E-state index in [1.165, 1.54) is 0 Å². The lowest BCUT2D eigenvalue weighted by Gasteiger charge is -2.33. The Bertz CT molecular complexity index is 939. The Morgan fingerprint density at radius 2 is 1.48 bits per heavy atom. The monoisotopic (exact) mass is 465 g/mol. The number of rotatable bonds is 11. The van der Waals surface area contributed by atoms with Gasteiger partial charge in [0.25, 0.3) is 0 Å². The fourth-order valence-corrected chi connectivity index (χ4v) is 4.48. The molecule has 1 aliphatic heterocycles. The second-order valence-corrected chi connectivity index (χ2v) is 9.09. The van der Waals surface area contributed by atoms with Crippen LogP contribution >= 0.6 is 11.8 Å². The summed E-state index contributed by atoms with van der Waals surface area (Å²) in [4.78, 5) is 28.7. The third kappa shape index (κ3) is 8.89. The molecule has 0 bridgehead atoms. The van der Waals surface area contributed by atoms with Crippen LogP contribution in [0, 0.1) is 11.3 Å². The van der Waals surface area contributed by atoms with Crippen LogP contribution in [-0.4, -0.2) is 73.2 Å². The topological polar surface area (TPSA) is 88.5 Å². The molecule has 33 heavy (non-hydrogen) atoms. The highest BCUT2D eigenvalue weighted by Gasteiger charge is 2.20. The van der Waals surface area contributed by atoms with Gasteiger partial charge < -0.3 is 10.6 Å². The summed E-state index contributed by atoms with van der Waals surface area (Å²) >= 11 is 1.71. The summed E-state index contributed by atoms with van der Waals surface area (Å²) in [6, 6.07) is 19.7. The molecule has 1 fully saturated rings. The van der Waals surface area contributed by atoms with E-state index in [-0.39, 0.29) is 11.8 Å². The molecular formula is C25H31N5O2S. The average molecular weight is 466 g/mol. The van der Waals surface area contributed by atoms with Crippen molar-refractivity contribution in [2.24, 2.45) is 0 Å². The van der Waals surface area contributed by atoms with Crippen molar-refractivity contribution in [1.82, 2.24) is 20.4 Å². The Balaban J connectivity index is 1.24. The second kappa shape index (κ2) is 13.6. The Morgan fingerprint density at radius 3 is 2.15 bits per heavy atom. The van der Waals surface area contributed by atoms with Gasteiger partial charge in [0.05, 0.1) is 24.7 Å². The lowest BCUT2D eigenvalue weighted by atomic mass is 10.1. The molecule has 3 rings (SSSR count). The summed E-state index contributed by atoms with van der Waals surface area (Å²) in [5.41, 5.74) is 2.83. The zero-order valence-electron chi connectivity index (χ0n) is 18.8. The van der Waals surface area contributed by atoms with E-state index in [9.17, 15) is 9.59 Å². The lowest BCUT2D eigenvalue weighted by Crippen LogP contribution is -2.51. The fourth-order valence-electron chi connectivity index (χ4n) is 3.62. The van der Waals surface area contributed by atoms with Crippen LogP contribution in [0.4, 0.5) is 0 Å². The van der Waals surface area contributed by atoms with Gasteiger partial charge in [-0.3, -0.25) is 19.4 Å². The highest BCUT2D eigenvalue weighted by Crippen LogP contribution is 2.15. The number of nitriles is 1. The third-order valence-corrected chi connectivity index (χ3v) is 6.50. The van der Waals surface area contributed by atoms with Crippen molar-refractivity contribution >= 4 is 23.6 Å². The number of amides is 2. The number of hydrogen-bond donors (Lipinski definition) is 2. The van der Waals surface area contributed by atoms with E-state index < -0.39 is 0 Å². The fraction of sp³-hybridized carbons (Fsp3) is 0.400. The quantitative estimate of drug-likeness (QED) is 0.493. The third-order valence-electron chi connectivity index (χ3n) is 5.50. The lowest BCUT2D eigenvalue weighted by molar-refractivity contribution is -0.125. The number of nitrogens with one attached hydrogen (secondary N) is 2. The minimum atomic E-state index is 0.0277. The molecule has 2 aromatic carbocycles. The van der Waals surface area contributed by atoms with Crippen LogP contribution in [0.1, 0.15) is 16.7 Å². The average Bonchev–Trinajstić information content (AvgIpc) is 2.84. The highest BCUT2D eigenvalue weighted by molar-refractivity contribution is 7.98. The summed E-state index contributed by atoms with van der Waals surface area (Å²) < 4.78 is 0. The van der Waals surface area contributed by atoms with Gasteiger partial charge in [-0.2, -0.15) is 17.0 Å². The molecule has 0 aromatic heterocycles. The first-order chi connectivity index (χ1) is 16.1. The molecule has 0 spiro atoms. The molecule has 1 saturated heterocycles. The van der Waals surface area contributed by atoms with Gasteiger partial charge in [0.15, 0.2) is 0 Å². The number of benzene rings is 2. The Labute approximate surface area is 200 Å². The van der Waals surface area contributed by atoms with E-state index in [2.05, 4.69) is 26.5 Å². The van der Waals surface area contributed by atoms with Gasteiger partial charge in [-0.15, -0.1) is 0 Å². The summed E-state index contributed by atoms with van der Waals surface area (Å²) in [6.07, 6.45) is 0. The molecule has 7 nitrogen and oxygen atoms in total. The summed E-state index contributed by atoms with van der Waals surface area (Å²) in [5, 5.41) is 15.1. The minimum absolute atomic E-state index is 0.0277. The number of carbonyl (C=O) groups excluding carboxylic acids is 2. The smallest absolute Gasteiger partial charge is 0.234 e. The zero-order chi connectivity index (χ0) is 23.3. The standard InChI is InChI=1S/C25H31N5O2S/c26-16-22-8-4-5-9-23(22)20-33-15-10-27-24(31)18-29-11-13-30(14-12-29)19-25(32)28-17-21-6-2-1-3-7-21/h1-9H,10-15,17-20H2,(H,27,31)(H,28,32). The van der Waals surface area contributed by atoms with E-state index in [0.29, 0.717) is 31.7 Å². The van der Waals surface area contributed by atoms with Crippen molar-refractivity contribution in [2.75, 3.05) is 51.6 Å². The molecule has 2 N–H and O–H groups in total. The molecule has 1 heterocycles. The maximum absolute atomic E-state index is 12.2. The number of piperazine rings is 1. The van der Waals surface area contributed by atoms with Crippen molar-refractivity contribution in [3.05, 3.63) is 71.3 Å². The normalized spacial score (nSPS) is 14.4. The zero-order valence-corrected chi connectivity index (χ0v) is 19.7. The largest absolute Gasteiger partial charge is 0.354 e.